The number of nitrogens with one attached hydrogen (secondary N) is 2. The Labute approximate surface area is 130 Å². The lowest BCUT2D eigenvalue weighted by molar-refractivity contribution is 0.195. The zero-order chi connectivity index (χ0) is 13.1. The van der Waals surface area contributed by atoms with E-state index in [2.05, 4.69) is 44.3 Å². The molecule has 0 atom stereocenters. The van der Waals surface area contributed by atoms with E-state index in [9.17, 15) is 0 Å². The van der Waals surface area contributed by atoms with Gasteiger partial charge < -0.3 is 5.32 Å². The number of piperidine rings is 1. The molecular formula is C14H21ClN4S. The van der Waals surface area contributed by atoms with Gasteiger partial charge in [-0.1, -0.05) is 0 Å². The number of hydrogen-bond donors (Lipinski definition) is 2. The largest absolute Gasteiger partial charge is 0.317 e. The monoisotopic (exact) mass is 312 g/mol. The van der Waals surface area contributed by atoms with Crippen LogP contribution in [-0.2, 0) is 6.54 Å². The van der Waals surface area contributed by atoms with E-state index < -0.39 is 0 Å². The van der Waals surface area contributed by atoms with Crippen LogP contribution in [0.15, 0.2) is 23.0 Å². The molecule has 0 bridgehead atoms. The summed E-state index contributed by atoms with van der Waals surface area (Å²) in [5.74, 6) is 0. The molecule has 20 heavy (non-hydrogen) atoms. The number of thiophene rings is 1. The van der Waals surface area contributed by atoms with Crippen LogP contribution in [0.25, 0.3) is 11.3 Å². The van der Waals surface area contributed by atoms with E-state index in [1.54, 1.807) is 11.3 Å². The van der Waals surface area contributed by atoms with E-state index in [1.165, 1.54) is 42.8 Å². The van der Waals surface area contributed by atoms with Crippen molar-refractivity contribution in [3.8, 4) is 11.3 Å². The van der Waals surface area contributed by atoms with Crippen LogP contribution < -0.4 is 5.32 Å². The maximum absolute atomic E-state index is 4.22. The van der Waals surface area contributed by atoms with E-state index in [4.69, 9.17) is 0 Å². The Kier molecular flexibility index (Phi) is 5.60. The maximum Gasteiger partial charge on any atom is 0.0703 e. The van der Waals surface area contributed by atoms with Crippen LogP contribution in [0.5, 0.6) is 0 Å². The van der Waals surface area contributed by atoms with Crippen molar-refractivity contribution in [2.75, 3.05) is 20.1 Å². The van der Waals surface area contributed by atoms with E-state index in [0.29, 0.717) is 6.04 Å². The molecule has 1 saturated heterocycles. The van der Waals surface area contributed by atoms with Gasteiger partial charge in [-0.2, -0.15) is 16.4 Å². The quantitative estimate of drug-likeness (QED) is 0.912. The summed E-state index contributed by atoms with van der Waals surface area (Å²) in [6, 6.07) is 2.84. The molecule has 3 rings (SSSR count). The summed E-state index contributed by atoms with van der Waals surface area (Å²) in [6.07, 6.45) is 4.45. The van der Waals surface area contributed by atoms with Gasteiger partial charge in [-0.25, -0.2) is 0 Å². The normalized spacial score (nSPS) is 17.1. The second-order valence-corrected chi connectivity index (χ2v) is 5.90. The lowest BCUT2D eigenvalue weighted by Crippen LogP contribution is -2.40. The molecule has 1 aliphatic rings. The molecule has 3 heterocycles. The van der Waals surface area contributed by atoms with E-state index in [-0.39, 0.29) is 12.4 Å². The molecule has 2 aromatic heterocycles. The Bertz CT molecular complexity index is 503. The van der Waals surface area contributed by atoms with E-state index in [1.807, 2.05) is 6.20 Å². The predicted octanol–water partition coefficient (Wildman–Crippen LogP) is 2.74. The van der Waals surface area contributed by atoms with Crippen molar-refractivity contribution in [2.24, 2.45) is 0 Å². The molecule has 4 nitrogen and oxygen atoms in total. The lowest BCUT2D eigenvalue weighted by atomic mass is 10.0. The van der Waals surface area contributed by atoms with Crippen LogP contribution in [0, 0.1) is 0 Å². The van der Waals surface area contributed by atoms with Gasteiger partial charge in [-0.15, -0.1) is 12.4 Å². The fourth-order valence-electron chi connectivity index (χ4n) is 2.71. The molecule has 0 aliphatic carbocycles. The maximum atomic E-state index is 4.22. The zero-order valence-electron chi connectivity index (χ0n) is 11.6. The lowest BCUT2D eigenvalue weighted by Gasteiger charge is -2.31. The average molecular weight is 313 g/mol. The molecule has 1 fully saturated rings. The topological polar surface area (TPSA) is 44.0 Å². The number of likely N-dealkylation sites (tertiary alicyclic amines) is 1. The number of aromatic nitrogens is 2. The van der Waals surface area contributed by atoms with Gasteiger partial charge in [0.05, 0.1) is 11.9 Å². The first-order chi connectivity index (χ1) is 9.36. The van der Waals surface area contributed by atoms with Gasteiger partial charge in [0, 0.05) is 29.1 Å². The minimum Gasteiger partial charge on any atom is -0.317 e. The van der Waals surface area contributed by atoms with Crippen LogP contribution in [-0.4, -0.2) is 41.3 Å². The summed E-state index contributed by atoms with van der Waals surface area (Å²) in [7, 11) is 2.06. The molecule has 2 aromatic rings. The standard InChI is InChI=1S/C14H20N4S.ClH/c1-15-13-2-5-18(6-3-13)9-12-8-16-17-14(12)11-4-7-19-10-11;/h4,7-8,10,13,15H,2-3,5-6,9H2,1H3,(H,16,17);1H. The molecule has 110 valence electrons. The average Bonchev–Trinajstić information content (AvgIpc) is 3.10. The van der Waals surface area contributed by atoms with Gasteiger partial charge in [-0.3, -0.25) is 10.00 Å². The van der Waals surface area contributed by atoms with Crippen molar-refractivity contribution in [1.82, 2.24) is 20.4 Å². The molecule has 0 spiro atoms. The number of hydrogen-bond acceptors (Lipinski definition) is 4. The summed E-state index contributed by atoms with van der Waals surface area (Å²) in [5, 5.41) is 15.0. The highest BCUT2D eigenvalue weighted by molar-refractivity contribution is 7.08. The van der Waals surface area contributed by atoms with Crippen molar-refractivity contribution in [3.63, 3.8) is 0 Å². The predicted molar refractivity (Wildman–Crippen MR) is 86.5 cm³/mol. The zero-order valence-corrected chi connectivity index (χ0v) is 13.3. The number of halogens is 1. The van der Waals surface area contributed by atoms with E-state index >= 15 is 0 Å². The number of H-pyrrole nitrogens is 1. The minimum atomic E-state index is 0. The molecule has 0 unspecified atom stereocenters. The molecular weight excluding hydrogens is 292 g/mol. The highest BCUT2D eigenvalue weighted by Crippen LogP contribution is 2.25. The van der Waals surface area contributed by atoms with Crippen LogP contribution in [0.2, 0.25) is 0 Å². The first-order valence-corrected chi connectivity index (χ1v) is 7.75. The summed E-state index contributed by atoms with van der Waals surface area (Å²) >= 11 is 1.73. The third kappa shape index (κ3) is 3.41. The highest BCUT2D eigenvalue weighted by atomic mass is 35.5. The van der Waals surface area contributed by atoms with Gasteiger partial charge in [0.25, 0.3) is 0 Å². The minimum absolute atomic E-state index is 0. The van der Waals surface area contributed by atoms with Crippen molar-refractivity contribution in [2.45, 2.75) is 25.4 Å². The molecule has 0 aromatic carbocycles. The second kappa shape index (κ2) is 7.22. The Morgan fingerprint density at radius 3 is 2.90 bits per heavy atom. The first kappa shape index (κ1) is 15.5. The van der Waals surface area contributed by atoms with Crippen LogP contribution in [0.1, 0.15) is 18.4 Å². The van der Waals surface area contributed by atoms with Crippen LogP contribution >= 0.6 is 23.7 Å². The molecule has 0 saturated carbocycles. The van der Waals surface area contributed by atoms with Gasteiger partial charge in [0.1, 0.15) is 0 Å². The van der Waals surface area contributed by atoms with Crippen molar-refractivity contribution in [3.05, 3.63) is 28.6 Å². The van der Waals surface area contributed by atoms with Crippen molar-refractivity contribution >= 4 is 23.7 Å². The molecule has 2 N–H and O–H groups in total. The van der Waals surface area contributed by atoms with Crippen LogP contribution in [0.4, 0.5) is 0 Å². The summed E-state index contributed by atoms with van der Waals surface area (Å²) < 4.78 is 0. The molecule has 6 heteroatoms. The Morgan fingerprint density at radius 2 is 2.25 bits per heavy atom. The Balaban J connectivity index is 0.00000147. The molecule has 0 amide bonds. The number of aromatic amines is 1. The summed E-state index contributed by atoms with van der Waals surface area (Å²) in [5.41, 5.74) is 3.74. The third-order valence-corrected chi connectivity index (χ3v) is 4.60. The molecule has 0 radical (unpaired) electrons. The fourth-order valence-corrected chi connectivity index (χ4v) is 3.36. The van der Waals surface area contributed by atoms with Gasteiger partial charge in [-0.05, 0) is 44.4 Å². The highest BCUT2D eigenvalue weighted by Gasteiger charge is 2.19. The summed E-state index contributed by atoms with van der Waals surface area (Å²) in [6.45, 7) is 3.33. The first-order valence-electron chi connectivity index (χ1n) is 6.81. The third-order valence-electron chi connectivity index (χ3n) is 3.92. The Morgan fingerprint density at radius 1 is 1.45 bits per heavy atom. The summed E-state index contributed by atoms with van der Waals surface area (Å²) in [4.78, 5) is 2.52. The fraction of sp³-hybridized carbons (Fsp3) is 0.500. The van der Waals surface area contributed by atoms with Crippen molar-refractivity contribution in [1.29, 1.82) is 0 Å². The van der Waals surface area contributed by atoms with Crippen LogP contribution in [0.3, 0.4) is 0 Å². The number of nitrogens with zero attached hydrogens (tertiary/aromatic N) is 2. The Hall–Kier alpha value is -0.880. The van der Waals surface area contributed by atoms with Gasteiger partial charge in [0.2, 0.25) is 0 Å². The SMILES string of the molecule is CNC1CCN(Cc2cn[nH]c2-c2ccsc2)CC1.Cl. The van der Waals surface area contributed by atoms with Crippen molar-refractivity contribution < 1.29 is 0 Å². The molecule has 1 aliphatic heterocycles. The number of rotatable bonds is 4. The van der Waals surface area contributed by atoms with E-state index in [0.717, 1.165) is 6.54 Å². The van der Waals surface area contributed by atoms with Gasteiger partial charge in [0.15, 0.2) is 0 Å². The smallest absolute Gasteiger partial charge is 0.0703 e. The van der Waals surface area contributed by atoms with Gasteiger partial charge >= 0.3 is 0 Å². The second-order valence-electron chi connectivity index (χ2n) is 5.12.